The van der Waals surface area contributed by atoms with E-state index >= 15 is 0 Å². The Balaban J connectivity index is 2.21. The highest BCUT2D eigenvalue weighted by molar-refractivity contribution is 7.71. The van der Waals surface area contributed by atoms with Crippen LogP contribution in [0.4, 0.5) is 0 Å². The Bertz CT molecular complexity index is 600. The molecule has 2 N–H and O–H groups in total. The lowest BCUT2D eigenvalue weighted by Crippen LogP contribution is -2.22. The van der Waals surface area contributed by atoms with Gasteiger partial charge in [0.2, 0.25) is 0 Å². The molecule has 2 aromatic rings. The summed E-state index contributed by atoms with van der Waals surface area (Å²) in [5.41, 5.74) is -0.00435. The number of aromatic amines is 1. The molecule has 0 saturated heterocycles. The zero-order valence-corrected chi connectivity index (χ0v) is 9.74. The number of nitrogens with zero attached hydrogens (tertiary/aromatic N) is 2. The smallest absolute Gasteiger partial charge is 0.273 e. The first-order valence-electron chi connectivity index (χ1n) is 5.04. The average Bonchev–Trinajstić information content (AvgIpc) is 2.81. The third kappa shape index (κ3) is 2.69. The molecule has 6 nitrogen and oxygen atoms in total. The second-order valence-corrected chi connectivity index (χ2v) is 3.81. The molecule has 0 spiro atoms. The van der Waals surface area contributed by atoms with Gasteiger partial charge in [0.25, 0.3) is 5.56 Å². The highest BCUT2D eigenvalue weighted by Crippen LogP contribution is 2.03. The van der Waals surface area contributed by atoms with E-state index in [1.54, 1.807) is 12.3 Å². The zero-order chi connectivity index (χ0) is 12.3. The van der Waals surface area contributed by atoms with E-state index in [-0.39, 0.29) is 17.1 Å². The van der Waals surface area contributed by atoms with Crippen molar-refractivity contribution >= 4 is 12.2 Å². The summed E-state index contributed by atoms with van der Waals surface area (Å²) in [6.45, 7) is -0.358. The van der Waals surface area contributed by atoms with E-state index < -0.39 is 0 Å². The molecule has 0 aliphatic heterocycles. The Morgan fingerprint density at radius 2 is 2.35 bits per heavy atom. The third-order valence-electron chi connectivity index (χ3n) is 2.28. The van der Waals surface area contributed by atoms with Crippen LogP contribution in [0, 0.1) is 4.77 Å². The fraction of sp³-hybridized carbons (Fsp3) is 0.300. The summed E-state index contributed by atoms with van der Waals surface area (Å²) in [6.07, 6.45) is 2.58. The van der Waals surface area contributed by atoms with Gasteiger partial charge in [-0.2, -0.15) is 5.10 Å². The number of nitrogens with one attached hydrogen (secondary N) is 1. The number of furan rings is 1. The summed E-state index contributed by atoms with van der Waals surface area (Å²) in [7, 11) is 0. The van der Waals surface area contributed by atoms with Gasteiger partial charge in [0.05, 0.1) is 6.26 Å². The van der Waals surface area contributed by atoms with E-state index in [2.05, 4.69) is 10.1 Å². The van der Waals surface area contributed by atoms with Crippen LogP contribution in [0.2, 0.25) is 0 Å². The minimum atomic E-state index is -0.358. The van der Waals surface area contributed by atoms with E-state index in [4.69, 9.17) is 21.7 Å². The van der Waals surface area contributed by atoms with Crippen LogP contribution in [-0.2, 0) is 19.6 Å². The third-order valence-corrected chi connectivity index (χ3v) is 2.59. The quantitative estimate of drug-likeness (QED) is 0.781. The van der Waals surface area contributed by atoms with Gasteiger partial charge in [0.15, 0.2) is 4.77 Å². The van der Waals surface area contributed by atoms with Gasteiger partial charge in [-0.15, -0.1) is 0 Å². The van der Waals surface area contributed by atoms with Crippen molar-refractivity contribution in [2.45, 2.75) is 19.6 Å². The highest BCUT2D eigenvalue weighted by atomic mass is 32.1. The van der Waals surface area contributed by atoms with Crippen molar-refractivity contribution in [1.82, 2.24) is 14.8 Å². The molecule has 0 amide bonds. The number of aryl methyl sites for hydroxylation is 2. The number of aliphatic hydroxyl groups is 1. The summed E-state index contributed by atoms with van der Waals surface area (Å²) in [6, 6.07) is 3.61. The lowest BCUT2D eigenvalue weighted by atomic mass is 10.2. The van der Waals surface area contributed by atoms with Crippen LogP contribution in [0.3, 0.4) is 0 Å². The summed E-state index contributed by atoms with van der Waals surface area (Å²) in [5, 5.41) is 12.9. The molecule has 0 fully saturated rings. The van der Waals surface area contributed by atoms with Crippen molar-refractivity contribution in [2.24, 2.45) is 0 Å². The van der Waals surface area contributed by atoms with Gasteiger partial charge in [-0.3, -0.25) is 9.78 Å². The van der Waals surface area contributed by atoms with Crippen LogP contribution in [0.25, 0.3) is 0 Å². The second kappa shape index (κ2) is 5.07. The number of aliphatic hydroxyl groups excluding tert-OH is 1. The summed E-state index contributed by atoms with van der Waals surface area (Å²) < 4.78 is 6.43. The summed E-state index contributed by atoms with van der Waals surface area (Å²) >= 11 is 4.83. The predicted octanol–water partition coefficient (Wildman–Crippen LogP) is 0.629. The Hall–Kier alpha value is -1.73. The molecule has 90 valence electrons. The molecule has 0 aromatic carbocycles. The normalized spacial score (nSPS) is 10.6. The molecule has 0 saturated carbocycles. The van der Waals surface area contributed by atoms with Gasteiger partial charge in [-0.05, 0) is 24.4 Å². The van der Waals surface area contributed by atoms with E-state index in [9.17, 15) is 4.79 Å². The lowest BCUT2D eigenvalue weighted by molar-refractivity contribution is 0.187. The zero-order valence-electron chi connectivity index (χ0n) is 8.92. The van der Waals surface area contributed by atoms with Gasteiger partial charge in [0.1, 0.15) is 18.2 Å². The highest BCUT2D eigenvalue weighted by Gasteiger charge is 2.06. The number of hydrogen-bond acceptors (Lipinski definition) is 5. The molecule has 0 unspecified atom stereocenters. The standard InChI is InChI=1S/C10H11N3O3S/c14-6-13-10(17)11-9(15)8(12-13)4-3-7-2-1-5-16-7/h1-2,5,14H,3-4,6H2,(H,11,15,17). The molecule has 2 heterocycles. The molecular formula is C10H11N3O3S. The minimum absolute atomic E-state index is 0.110. The minimum Gasteiger partial charge on any atom is -0.469 e. The molecule has 0 bridgehead atoms. The summed E-state index contributed by atoms with van der Waals surface area (Å²) in [5.74, 6) is 0.782. The predicted molar refractivity (Wildman–Crippen MR) is 62.0 cm³/mol. The maximum absolute atomic E-state index is 11.6. The largest absolute Gasteiger partial charge is 0.469 e. The molecule has 0 atom stereocenters. The van der Waals surface area contributed by atoms with Gasteiger partial charge < -0.3 is 9.52 Å². The van der Waals surface area contributed by atoms with E-state index in [0.717, 1.165) is 10.4 Å². The molecule has 2 aromatic heterocycles. The van der Waals surface area contributed by atoms with Crippen molar-refractivity contribution in [1.29, 1.82) is 0 Å². The van der Waals surface area contributed by atoms with Crippen LogP contribution in [0.5, 0.6) is 0 Å². The van der Waals surface area contributed by atoms with Crippen LogP contribution in [-0.4, -0.2) is 19.9 Å². The first-order chi connectivity index (χ1) is 8.20. The SMILES string of the molecule is O=c1[nH]c(=S)n(CO)nc1CCc1ccco1. The van der Waals surface area contributed by atoms with Crippen LogP contribution in [0.15, 0.2) is 27.6 Å². The van der Waals surface area contributed by atoms with Gasteiger partial charge in [-0.25, -0.2) is 4.68 Å². The maximum atomic E-state index is 11.6. The summed E-state index contributed by atoms with van der Waals surface area (Å²) in [4.78, 5) is 14.0. The van der Waals surface area contributed by atoms with Gasteiger partial charge >= 0.3 is 0 Å². The Kier molecular flexibility index (Phi) is 3.50. The molecular weight excluding hydrogens is 242 g/mol. The van der Waals surface area contributed by atoms with Crippen molar-refractivity contribution in [2.75, 3.05) is 0 Å². The number of H-pyrrole nitrogens is 1. The molecule has 17 heavy (non-hydrogen) atoms. The Labute approximate surface area is 102 Å². The van der Waals surface area contributed by atoms with Crippen LogP contribution in [0.1, 0.15) is 11.5 Å². The Morgan fingerprint density at radius 1 is 1.53 bits per heavy atom. The number of aromatic nitrogens is 3. The van der Waals surface area contributed by atoms with Crippen molar-refractivity contribution < 1.29 is 9.52 Å². The number of rotatable bonds is 4. The van der Waals surface area contributed by atoms with Crippen molar-refractivity contribution in [3.05, 3.63) is 45.0 Å². The molecule has 0 radical (unpaired) electrons. The van der Waals surface area contributed by atoms with E-state index in [0.29, 0.717) is 18.5 Å². The number of hydrogen-bond donors (Lipinski definition) is 2. The average molecular weight is 253 g/mol. The monoisotopic (exact) mass is 253 g/mol. The van der Waals surface area contributed by atoms with E-state index in [1.165, 1.54) is 0 Å². The Morgan fingerprint density at radius 3 is 3.00 bits per heavy atom. The van der Waals surface area contributed by atoms with Crippen molar-refractivity contribution in [3.63, 3.8) is 0 Å². The fourth-order valence-electron chi connectivity index (χ4n) is 1.43. The lowest BCUT2D eigenvalue weighted by Gasteiger charge is -2.03. The maximum Gasteiger partial charge on any atom is 0.273 e. The first kappa shape index (κ1) is 11.7. The molecule has 0 aliphatic rings. The second-order valence-electron chi connectivity index (χ2n) is 3.43. The van der Waals surface area contributed by atoms with Gasteiger partial charge in [-0.1, -0.05) is 0 Å². The van der Waals surface area contributed by atoms with Gasteiger partial charge in [0, 0.05) is 12.8 Å². The topological polar surface area (TPSA) is 84.0 Å². The molecule has 0 aliphatic carbocycles. The van der Waals surface area contributed by atoms with Crippen LogP contribution < -0.4 is 5.56 Å². The fourth-order valence-corrected chi connectivity index (χ4v) is 1.62. The molecule has 2 rings (SSSR count). The first-order valence-corrected chi connectivity index (χ1v) is 5.45. The van der Waals surface area contributed by atoms with E-state index in [1.807, 2.05) is 6.07 Å². The van der Waals surface area contributed by atoms with Crippen LogP contribution >= 0.6 is 12.2 Å². The molecule has 7 heteroatoms. The van der Waals surface area contributed by atoms with Crippen molar-refractivity contribution in [3.8, 4) is 0 Å².